The third-order valence-corrected chi connectivity index (χ3v) is 13.4. The fraction of sp³-hybridized carbons (Fsp3) is 0.640. The van der Waals surface area contributed by atoms with Gasteiger partial charge in [-0.05, 0) is 22.2 Å². The maximum absolute atomic E-state index is 10.9. The number of aliphatic hydroxyl groups excluding tert-OH is 1. The first-order chi connectivity index (χ1) is 13.6. The lowest BCUT2D eigenvalue weighted by Crippen LogP contribution is -2.47. The SMILES string of the molecule is CC(C)[Si](/C(C#N)=C/[C@@H](C)[C@H](O)[C@@H](C)COCc1ccccc1)(C(C)C)C(C)C. The van der Waals surface area contributed by atoms with E-state index in [9.17, 15) is 10.4 Å². The number of aliphatic hydroxyl groups is 1. The molecule has 1 aromatic rings. The van der Waals surface area contributed by atoms with E-state index < -0.39 is 14.2 Å². The lowest BCUT2D eigenvalue weighted by molar-refractivity contribution is 0.0133. The topological polar surface area (TPSA) is 53.2 Å². The largest absolute Gasteiger partial charge is 0.392 e. The van der Waals surface area contributed by atoms with E-state index in [1.807, 2.05) is 44.2 Å². The Bertz CT molecular complexity index is 654. The molecular formula is C25H41NO2Si. The number of allylic oxidation sites excluding steroid dienone is 1. The van der Waals surface area contributed by atoms with Crippen LogP contribution in [0, 0.1) is 23.2 Å². The van der Waals surface area contributed by atoms with Crippen LogP contribution in [0.15, 0.2) is 41.6 Å². The molecule has 0 saturated carbocycles. The molecule has 162 valence electrons. The van der Waals surface area contributed by atoms with E-state index in [0.29, 0.717) is 29.8 Å². The molecule has 3 atom stereocenters. The zero-order valence-electron chi connectivity index (χ0n) is 19.6. The van der Waals surface area contributed by atoms with Crippen molar-refractivity contribution in [1.29, 1.82) is 5.26 Å². The summed E-state index contributed by atoms with van der Waals surface area (Å²) in [6.45, 7) is 18.7. The average Bonchev–Trinajstić information content (AvgIpc) is 2.66. The Hall–Kier alpha value is -1.41. The molecule has 4 heteroatoms. The Kier molecular flexibility index (Phi) is 10.3. The Labute approximate surface area is 179 Å². The molecule has 0 aliphatic carbocycles. The van der Waals surface area contributed by atoms with E-state index >= 15 is 0 Å². The van der Waals surface area contributed by atoms with E-state index in [2.05, 4.69) is 53.7 Å². The minimum atomic E-state index is -2.01. The summed E-state index contributed by atoms with van der Waals surface area (Å²) >= 11 is 0. The molecule has 0 fully saturated rings. The van der Waals surface area contributed by atoms with E-state index in [-0.39, 0.29) is 11.8 Å². The van der Waals surface area contributed by atoms with E-state index in [1.165, 1.54) is 0 Å². The highest BCUT2D eigenvalue weighted by Gasteiger charge is 2.46. The molecular weight excluding hydrogens is 374 g/mol. The monoisotopic (exact) mass is 415 g/mol. The number of rotatable bonds is 11. The van der Waals surface area contributed by atoms with Crippen molar-refractivity contribution in [3.63, 3.8) is 0 Å². The lowest BCUT2D eigenvalue weighted by atomic mass is 9.93. The van der Waals surface area contributed by atoms with Gasteiger partial charge in [0.25, 0.3) is 0 Å². The molecule has 0 amide bonds. The molecule has 29 heavy (non-hydrogen) atoms. The van der Waals surface area contributed by atoms with Crippen LogP contribution in [0.3, 0.4) is 0 Å². The second-order valence-electron chi connectivity index (χ2n) is 9.42. The lowest BCUT2D eigenvalue weighted by Gasteiger charge is -2.43. The molecule has 0 bridgehead atoms. The smallest absolute Gasteiger partial charge is 0.107 e. The van der Waals surface area contributed by atoms with Gasteiger partial charge in [-0.2, -0.15) is 5.26 Å². The summed E-state index contributed by atoms with van der Waals surface area (Å²) in [5, 5.41) is 21.9. The molecule has 0 unspecified atom stereocenters. The maximum atomic E-state index is 10.9. The van der Waals surface area contributed by atoms with Gasteiger partial charge in [0.2, 0.25) is 0 Å². The van der Waals surface area contributed by atoms with Crippen LogP contribution in [0.5, 0.6) is 0 Å². The molecule has 0 spiro atoms. The Morgan fingerprint density at radius 2 is 1.52 bits per heavy atom. The highest BCUT2D eigenvalue weighted by atomic mass is 28.3. The molecule has 1 rings (SSSR count). The second kappa shape index (κ2) is 11.7. The van der Waals surface area contributed by atoms with Crippen LogP contribution in [0.4, 0.5) is 0 Å². The number of nitrogens with zero attached hydrogens (tertiary/aromatic N) is 1. The van der Waals surface area contributed by atoms with Gasteiger partial charge in [-0.25, -0.2) is 0 Å². The Morgan fingerprint density at radius 1 is 1.00 bits per heavy atom. The third-order valence-electron chi connectivity index (χ3n) is 6.50. The minimum absolute atomic E-state index is 0.00174. The Morgan fingerprint density at radius 3 is 1.97 bits per heavy atom. The standard InChI is InChI=1S/C25H41NO2Si/c1-18(2)29(19(3)4,20(5)6)24(15-26)14-21(7)25(27)22(8)16-28-17-23-12-10-9-11-13-23/h9-14,18-22,25,27H,16-17H2,1-8H3/b24-14+/t21-,22+,25+/m1/s1. The molecule has 3 nitrogen and oxygen atoms in total. The van der Waals surface area contributed by atoms with Gasteiger partial charge in [0.15, 0.2) is 0 Å². The van der Waals surface area contributed by atoms with Gasteiger partial charge in [0.05, 0.1) is 25.4 Å². The van der Waals surface area contributed by atoms with Crippen LogP contribution in [0.25, 0.3) is 0 Å². The summed E-state index contributed by atoms with van der Waals surface area (Å²) in [5.74, 6) is -0.0822. The summed E-state index contributed by atoms with van der Waals surface area (Å²) < 4.78 is 5.83. The van der Waals surface area contributed by atoms with Crippen LogP contribution < -0.4 is 0 Å². The van der Waals surface area contributed by atoms with E-state index in [0.717, 1.165) is 10.8 Å². The second-order valence-corrected chi connectivity index (χ2v) is 15.3. The molecule has 1 N–H and O–H groups in total. The summed E-state index contributed by atoms with van der Waals surface area (Å²) in [7, 11) is -2.01. The number of hydrogen-bond acceptors (Lipinski definition) is 3. The van der Waals surface area contributed by atoms with Gasteiger partial charge >= 0.3 is 0 Å². The number of benzene rings is 1. The molecule has 0 aliphatic heterocycles. The van der Waals surface area contributed by atoms with Crippen LogP contribution in [0.2, 0.25) is 16.6 Å². The average molecular weight is 416 g/mol. The van der Waals surface area contributed by atoms with Crippen LogP contribution in [0.1, 0.15) is 61.0 Å². The molecule has 0 aromatic heterocycles. The van der Waals surface area contributed by atoms with Gasteiger partial charge in [0.1, 0.15) is 8.07 Å². The summed E-state index contributed by atoms with van der Waals surface area (Å²) in [5.41, 5.74) is 2.56. The number of nitriles is 1. The van der Waals surface area contributed by atoms with Gasteiger partial charge in [-0.15, -0.1) is 0 Å². The third kappa shape index (κ3) is 6.28. The molecule has 0 aliphatic rings. The van der Waals surface area contributed by atoms with Crippen molar-refractivity contribution >= 4 is 8.07 Å². The zero-order valence-corrected chi connectivity index (χ0v) is 20.6. The molecule has 0 saturated heterocycles. The van der Waals surface area contributed by atoms with Crippen molar-refractivity contribution in [2.75, 3.05) is 6.61 Å². The first-order valence-corrected chi connectivity index (χ1v) is 13.2. The van der Waals surface area contributed by atoms with Crippen LogP contribution in [-0.2, 0) is 11.3 Å². The number of ether oxygens (including phenoxy) is 1. The summed E-state index contributed by atoms with van der Waals surface area (Å²) in [4.78, 5) is 0. The van der Waals surface area contributed by atoms with Crippen molar-refractivity contribution in [2.45, 2.75) is 84.7 Å². The van der Waals surface area contributed by atoms with Gasteiger partial charge in [0, 0.05) is 17.0 Å². The first-order valence-electron chi connectivity index (χ1n) is 11.0. The molecule has 0 heterocycles. The highest BCUT2D eigenvalue weighted by Crippen LogP contribution is 2.46. The van der Waals surface area contributed by atoms with Crippen LogP contribution in [-0.4, -0.2) is 25.9 Å². The first kappa shape index (κ1) is 25.6. The van der Waals surface area contributed by atoms with Crippen molar-refractivity contribution in [3.05, 3.63) is 47.2 Å². The summed E-state index contributed by atoms with van der Waals surface area (Å²) in [6, 6.07) is 12.6. The number of hydrogen-bond donors (Lipinski definition) is 1. The quantitative estimate of drug-likeness (QED) is 0.331. The normalized spacial score (nSPS) is 16.2. The van der Waals surface area contributed by atoms with Gasteiger partial charge < -0.3 is 9.84 Å². The highest BCUT2D eigenvalue weighted by molar-refractivity contribution is 6.90. The van der Waals surface area contributed by atoms with Crippen molar-refractivity contribution < 1.29 is 9.84 Å². The van der Waals surface area contributed by atoms with Crippen molar-refractivity contribution in [1.82, 2.24) is 0 Å². The predicted molar refractivity (Wildman–Crippen MR) is 125 cm³/mol. The van der Waals surface area contributed by atoms with Gasteiger partial charge in [-0.3, -0.25) is 0 Å². The maximum Gasteiger partial charge on any atom is 0.107 e. The van der Waals surface area contributed by atoms with Crippen molar-refractivity contribution in [2.24, 2.45) is 11.8 Å². The van der Waals surface area contributed by atoms with E-state index in [4.69, 9.17) is 4.74 Å². The Balaban J connectivity index is 2.91. The molecule has 1 aromatic carbocycles. The molecule has 0 radical (unpaired) electrons. The zero-order chi connectivity index (χ0) is 22.2. The van der Waals surface area contributed by atoms with E-state index in [1.54, 1.807) is 0 Å². The fourth-order valence-electron chi connectivity index (χ4n) is 5.13. The fourth-order valence-corrected chi connectivity index (χ4v) is 11.7. The predicted octanol–water partition coefficient (Wildman–Crippen LogP) is 6.50. The summed E-state index contributed by atoms with van der Waals surface area (Å²) in [6.07, 6.45) is 1.54. The van der Waals surface area contributed by atoms with Crippen molar-refractivity contribution in [3.8, 4) is 6.07 Å². The van der Waals surface area contributed by atoms with Crippen LogP contribution >= 0.6 is 0 Å². The van der Waals surface area contributed by atoms with Gasteiger partial charge in [-0.1, -0.05) is 91.8 Å². The minimum Gasteiger partial charge on any atom is -0.392 e.